The van der Waals surface area contributed by atoms with Crippen molar-refractivity contribution in [2.24, 2.45) is 0 Å². The van der Waals surface area contributed by atoms with Gasteiger partial charge in [0.2, 0.25) is 10.0 Å². The standard InChI is InChI=1S/C23H25N3O3S/c1-3-17(2)26-30(28,29)22-15-9-18(10-16-22)23(27)25-21-13-11-20(12-14-21)24-19-7-5-4-6-8-19/h4-17,24,26H,3H2,1-2H3,(H,25,27). The van der Waals surface area contributed by atoms with Crippen LogP contribution in [0.15, 0.2) is 83.8 Å². The first-order chi connectivity index (χ1) is 14.4. The first-order valence-electron chi connectivity index (χ1n) is 9.73. The Morgan fingerprint density at radius 1 is 0.833 bits per heavy atom. The Balaban J connectivity index is 1.63. The van der Waals surface area contributed by atoms with Crippen molar-refractivity contribution in [3.05, 3.63) is 84.4 Å². The highest BCUT2D eigenvalue weighted by Gasteiger charge is 2.17. The average Bonchev–Trinajstić information content (AvgIpc) is 2.75. The predicted octanol–water partition coefficient (Wildman–Crippen LogP) is 4.76. The number of para-hydroxylation sites is 1. The van der Waals surface area contributed by atoms with Crippen LogP contribution in [0.4, 0.5) is 17.1 Å². The van der Waals surface area contributed by atoms with E-state index < -0.39 is 10.0 Å². The fourth-order valence-corrected chi connectivity index (χ4v) is 4.06. The molecule has 30 heavy (non-hydrogen) atoms. The molecule has 3 aromatic rings. The highest BCUT2D eigenvalue weighted by Crippen LogP contribution is 2.19. The first-order valence-corrected chi connectivity index (χ1v) is 11.2. The summed E-state index contributed by atoms with van der Waals surface area (Å²) in [4.78, 5) is 12.6. The van der Waals surface area contributed by atoms with Crippen LogP contribution >= 0.6 is 0 Å². The minimum Gasteiger partial charge on any atom is -0.356 e. The van der Waals surface area contributed by atoms with Gasteiger partial charge in [0.15, 0.2) is 0 Å². The third-order valence-corrected chi connectivity index (χ3v) is 6.21. The molecular weight excluding hydrogens is 398 g/mol. The van der Waals surface area contributed by atoms with Crippen molar-refractivity contribution in [2.75, 3.05) is 10.6 Å². The van der Waals surface area contributed by atoms with Crippen LogP contribution in [-0.2, 0) is 10.0 Å². The molecule has 0 fully saturated rings. The van der Waals surface area contributed by atoms with E-state index in [9.17, 15) is 13.2 Å². The maximum Gasteiger partial charge on any atom is 0.255 e. The molecular formula is C23H25N3O3S. The molecule has 3 aromatic carbocycles. The molecule has 0 saturated heterocycles. The number of carbonyl (C=O) groups excluding carboxylic acids is 1. The van der Waals surface area contributed by atoms with Crippen LogP contribution in [0, 0.1) is 0 Å². The zero-order valence-corrected chi connectivity index (χ0v) is 17.7. The lowest BCUT2D eigenvalue weighted by atomic mass is 10.2. The summed E-state index contributed by atoms with van der Waals surface area (Å²) in [6.07, 6.45) is 0.694. The molecule has 1 atom stereocenters. The number of amides is 1. The van der Waals surface area contributed by atoms with E-state index in [0.717, 1.165) is 11.4 Å². The maximum atomic E-state index is 12.5. The largest absolute Gasteiger partial charge is 0.356 e. The van der Waals surface area contributed by atoms with Gasteiger partial charge in [0.1, 0.15) is 0 Å². The van der Waals surface area contributed by atoms with Gasteiger partial charge >= 0.3 is 0 Å². The van der Waals surface area contributed by atoms with Crippen molar-refractivity contribution in [2.45, 2.75) is 31.2 Å². The number of hydrogen-bond acceptors (Lipinski definition) is 4. The Kier molecular flexibility index (Phi) is 6.87. The summed E-state index contributed by atoms with van der Waals surface area (Å²) in [5.41, 5.74) is 2.91. The van der Waals surface area contributed by atoms with E-state index >= 15 is 0 Å². The van der Waals surface area contributed by atoms with Crippen molar-refractivity contribution < 1.29 is 13.2 Å². The molecule has 7 heteroatoms. The van der Waals surface area contributed by atoms with Gasteiger partial charge in [-0.25, -0.2) is 13.1 Å². The van der Waals surface area contributed by atoms with Crippen LogP contribution < -0.4 is 15.4 Å². The topological polar surface area (TPSA) is 87.3 Å². The zero-order chi connectivity index (χ0) is 21.6. The SMILES string of the molecule is CCC(C)NS(=O)(=O)c1ccc(C(=O)Nc2ccc(Nc3ccccc3)cc2)cc1. The van der Waals surface area contributed by atoms with Crippen LogP contribution in [0.25, 0.3) is 0 Å². The number of carbonyl (C=O) groups is 1. The number of hydrogen-bond donors (Lipinski definition) is 3. The Bertz CT molecular complexity index is 1080. The molecule has 0 aliphatic heterocycles. The van der Waals surface area contributed by atoms with E-state index in [4.69, 9.17) is 0 Å². The normalized spacial score (nSPS) is 12.2. The molecule has 0 heterocycles. The first kappa shape index (κ1) is 21.5. The lowest BCUT2D eigenvalue weighted by Crippen LogP contribution is -2.32. The molecule has 0 saturated carbocycles. The van der Waals surface area contributed by atoms with Crippen molar-refractivity contribution in [1.29, 1.82) is 0 Å². The summed E-state index contributed by atoms with van der Waals surface area (Å²) in [6, 6.07) is 22.9. The fourth-order valence-electron chi connectivity index (χ4n) is 2.73. The fraction of sp³-hybridized carbons (Fsp3) is 0.174. The molecule has 0 aromatic heterocycles. The highest BCUT2D eigenvalue weighted by molar-refractivity contribution is 7.89. The van der Waals surface area contributed by atoms with Crippen LogP contribution in [-0.4, -0.2) is 20.4 Å². The minimum atomic E-state index is -3.59. The molecule has 156 valence electrons. The van der Waals surface area contributed by atoms with Gasteiger partial charge in [0.05, 0.1) is 4.90 Å². The predicted molar refractivity (Wildman–Crippen MR) is 121 cm³/mol. The molecule has 0 bridgehead atoms. The number of nitrogens with one attached hydrogen (secondary N) is 3. The Labute approximate surface area is 177 Å². The Morgan fingerprint density at radius 2 is 1.40 bits per heavy atom. The van der Waals surface area contributed by atoms with Gasteiger partial charge in [0.25, 0.3) is 5.91 Å². The molecule has 1 unspecified atom stereocenters. The maximum absolute atomic E-state index is 12.5. The van der Waals surface area contributed by atoms with Gasteiger partial charge in [-0.15, -0.1) is 0 Å². The lowest BCUT2D eigenvalue weighted by Gasteiger charge is -2.12. The van der Waals surface area contributed by atoms with E-state index in [1.807, 2.05) is 49.4 Å². The Hall–Kier alpha value is -3.16. The molecule has 3 rings (SSSR count). The van der Waals surface area contributed by atoms with Crippen molar-refractivity contribution >= 4 is 33.0 Å². The summed E-state index contributed by atoms with van der Waals surface area (Å²) in [5.74, 6) is -0.308. The number of sulfonamides is 1. The van der Waals surface area contributed by atoms with Crippen molar-refractivity contribution in [1.82, 2.24) is 4.72 Å². The zero-order valence-electron chi connectivity index (χ0n) is 16.9. The second kappa shape index (κ2) is 9.56. The van der Waals surface area contributed by atoms with E-state index in [2.05, 4.69) is 15.4 Å². The third-order valence-electron chi connectivity index (χ3n) is 4.60. The van der Waals surface area contributed by atoms with E-state index in [1.165, 1.54) is 24.3 Å². The molecule has 0 aliphatic carbocycles. The number of benzene rings is 3. The second-order valence-electron chi connectivity index (χ2n) is 6.98. The van der Waals surface area contributed by atoms with E-state index in [0.29, 0.717) is 17.7 Å². The third kappa shape index (κ3) is 5.68. The summed E-state index contributed by atoms with van der Waals surface area (Å²) in [5, 5.41) is 6.10. The van der Waals surface area contributed by atoms with Crippen LogP contribution in [0.5, 0.6) is 0 Å². The van der Waals surface area contributed by atoms with Crippen molar-refractivity contribution in [3.63, 3.8) is 0 Å². The molecule has 0 aliphatic rings. The van der Waals surface area contributed by atoms with Gasteiger partial charge < -0.3 is 10.6 Å². The Morgan fingerprint density at radius 3 is 2.00 bits per heavy atom. The van der Waals surface area contributed by atoms with Gasteiger partial charge in [-0.05, 0) is 74.0 Å². The van der Waals surface area contributed by atoms with Crippen LogP contribution in [0.3, 0.4) is 0 Å². The lowest BCUT2D eigenvalue weighted by molar-refractivity contribution is 0.102. The average molecular weight is 424 g/mol. The van der Waals surface area contributed by atoms with E-state index in [1.54, 1.807) is 19.1 Å². The molecule has 0 spiro atoms. The second-order valence-corrected chi connectivity index (χ2v) is 8.69. The molecule has 6 nitrogen and oxygen atoms in total. The van der Waals surface area contributed by atoms with Crippen molar-refractivity contribution in [3.8, 4) is 0 Å². The number of rotatable bonds is 8. The van der Waals surface area contributed by atoms with Gasteiger partial charge in [0, 0.05) is 28.7 Å². The van der Waals surface area contributed by atoms with Gasteiger partial charge in [-0.3, -0.25) is 4.79 Å². The minimum absolute atomic E-state index is 0.135. The van der Waals surface area contributed by atoms with E-state index in [-0.39, 0.29) is 16.8 Å². The number of anilines is 3. The molecule has 3 N–H and O–H groups in total. The highest BCUT2D eigenvalue weighted by atomic mass is 32.2. The summed E-state index contributed by atoms with van der Waals surface area (Å²) in [6.45, 7) is 3.71. The summed E-state index contributed by atoms with van der Waals surface area (Å²) < 4.78 is 27.2. The van der Waals surface area contributed by atoms with Gasteiger partial charge in [-0.1, -0.05) is 25.1 Å². The summed E-state index contributed by atoms with van der Waals surface area (Å²) >= 11 is 0. The molecule has 1 amide bonds. The van der Waals surface area contributed by atoms with Gasteiger partial charge in [-0.2, -0.15) is 0 Å². The summed E-state index contributed by atoms with van der Waals surface area (Å²) in [7, 11) is -3.59. The molecule has 0 radical (unpaired) electrons. The quantitative estimate of drug-likeness (QED) is 0.487. The van der Waals surface area contributed by atoms with Crippen LogP contribution in [0.1, 0.15) is 30.6 Å². The monoisotopic (exact) mass is 423 g/mol. The van der Waals surface area contributed by atoms with Crippen LogP contribution in [0.2, 0.25) is 0 Å². The smallest absolute Gasteiger partial charge is 0.255 e.